The fourth-order valence-corrected chi connectivity index (χ4v) is 3.03. The highest BCUT2D eigenvalue weighted by molar-refractivity contribution is 6.04. The molecule has 0 spiro atoms. The number of carbonyl (C=O) groups excluding carboxylic acids is 2. The van der Waals surface area contributed by atoms with Crippen molar-refractivity contribution in [2.75, 3.05) is 26.9 Å². The number of rotatable bonds is 10. The third kappa shape index (κ3) is 5.32. The molecule has 0 heterocycles. The molecular formula is C24H31NO5. The number of aryl methyl sites for hydroxylation is 1. The van der Waals surface area contributed by atoms with E-state index in [9.17, 15) is 9.59 Å². The molecule has 0 radical (unpaired) electrons. The zero-order valence-electron chi connectivity index (χ0n) is 18.7. The van der Waals surface area contributed by atoms with Crippen LogP contribution in [0.3, 0.4) is 0 Å². The molecule has 162 valence electrons. The minimum atomic E-state index is -0.627. The molecule has 2 aromatic rings. The summed E-state index contributed by atoms with van der Waals surface area (Å²) in [6, 6.07) is 9.98. The fourth-order valence-electron chi connectivity index (χ4n) is 3.03. The fraction of sp³-hybridized carbons (Fsp3) is 0.417. The van der Waals surface area contributed by atoms with E-state index in [1.165, 1.54) is 4.90 Å². The summed E-state index contributed by atoms with van der Waals surface area (Å²) < 4.78 is 17.1. The van der Waals surface area contributed by atoms with Crippen molar-refractivity contribution in [1.82, 2.24) is 4.90 Å². The minimum Gasteiger partial charge on any atom is -0.490 e. The molecule has 1 amide bonds. The number of carbonyl (C=O) groups is 2. The maximum absolute atomic E-state index is 13.2. The van der Waals surface area contributed by atoms with Crippen LogP contribution in [0, 0.1) is 6.92 Å². The lowest BCUT2D eigenvalue weighted by molar-refractivity contribution is 0.0674. The van der Waals surface area contributed by atoms with Crippen LogP contribution >= 0.6 is 0 Å². The van der Waals surface area contributed by atoms with Gasteiger partial charge in [-0.25, -0.2) is 0 Å². The lowest BCUT2D eigenvalue weighted by Gasteiger charge is -2.25. The van der Waals surface area contributed by atoms with Gasteiger partial charge in [-0.1, -0.05) is 29.8 Å². The van der Waals surface area contributed by atoms with Gasteiger partial charge in [0.15, 0.2) is 17.3 Å². The SMILES string of the molecule is CCOc1cc(C(=O)N(C)C(C)C(=O)c2ccc(C)cc2)cc(OCC)c1OCC. The average Bonchev–Trinajstić information content (AvgIpc) is 2.74. The summed E-state index contributed by atoms with van der Waals surface area (Å²) in [5, 5.41) is 0. The summed E-state index contributed by atoms with van der Waals surface area (Å²) in [4.78, 5) is 27.5. The van der Waals surface area contributed by atoms with E-state index in [0.29, 0.717) is 48.2 Å². The van der Waals surface area contributed by atoms with Gasteiger partial charge in [0.1, 0.15) is 0 Å². The topological polar surface area (TPSA) is 65.1 Å². The largest absolute Gasteiger partial charge is 0.490 e. The van der Waals surface area contributed by atoms with E-state index in [1.54, 1.807) is 38.2 Å². The van der Waals surface area contributed by atoms with E-state index in [0.717, 1.165) is 5.56 Å². The van der Waals surface area contributed by atoms with Gasteiger partial charge >= 0.3 is 0 Å². The average molecular weight is 414 g/mol. The van der Waals surface area contributed by atoms with Crippen molar-refractivity contribution in [2.24, 2.45) is 0 Å². The molecule has 2 aromatic carbocycles. The Bertz CT molecular complexity index is 849. The zero-order valence-corrected chi connectivity index (χ0v) is 18.7. The molecule has 2 rings (SSSR count). The standard InChI is InChI=1S/C24H31NO5/c1-7-28-20-14-19(15-21(29-8-2)23(20)30-9-3)24(27)25(6)17(5)22(26)18-12-10-16(4)11-13-18/h10-15,17H,7-9H2,1-6H3. The van der Waals surface area contributed by atoms with Crippen LogP contribution in [0.25, 0.3) is 0 Å². The van der Waals surface area contributed by atoms with Gasteiger partial charge in [0.25, 0.3) is 5.91 Å². The molecule has 1 unspecified atom stereocenters. The summed E-state index contributed by atoms with van der Waals surface area (Å²) in [6.45, 7) is 10.6. The van der Waals surface area contributed by atoms with Crippen molar-refractivity contribution >= 4 is 11.7 Å². The van der Waals surface area contributed by atoms with Gasteiger partial charge in [-0.3, -0.25) is 9.59 Å². The third-order valence-electron chi connectivity index (χ3n) is 4.77. The second-order valence-corrected chi connectivity index (χ2v) is 6.92. The number of Topliss-reactive ketones (excluding diaryl/α,β-unsaturated/α-hetero) is 1. The number of ether oxygens (including phenoxy) is 3. The number of hydrogen-bond donors (Lipinski definition) is 0. The summed E-state index contributed by atoms with van der Waals surface area (Å²) in [5.41, 5.74) is 2.02. The molecule has 0 aliphatic heterocycles. The first-order valence-electron chi connectivity index (χ1n) is 10.3. The van der Waals surface area contributed by atoms with E-state index in [-0.39, 0.29) is 11.7 Å². The number of amides is 1. The Hall–Kier alpha value is -3.02. The number of nitrogens with zero attached hydrogens (tertiary/aromatic N) is 1. The van der Waals surface area contributed by atoms with E-state index < -0.39 is 6.04 Å². The molecule has 1 atom stereocenters. The van der Waals surface area contributed by atoms with Gasteiger partial charge in [0, 0.05) is 18.2 Å². The second kappa shape index (κ2) is 10.7. The van der Waals surface area contributed by atoms with Crippen LogP contribution in [0.1, 0.15) is 54.0 Å². The van der Waals surface area contributed by atoms with Crippen LogP contribution in [-0.4, -0.2) is 49.5 Å². The monoisotopic (exact) mass is 413 g/mol. The first kappa shape index (κ1) is 23.3. The van der Waals surface area contributed by atoms with Crippen LogP contribution in [-0.2, 0) is 0 Å². The number of benzene rings is 2. The Morgan fingerprint density at radius 2 is 1.37 bits per heavy atom. The summed E-state index contributed by atoms with van der Waals surface area (Å²) >= 11 is 0. The number of likely N-dealkylation sites (N-methyl/N-ethyl adjacent to an activating group) is 1. The second-order valence-electron chi connectivity index (χ2n) is 6.92. The van der Waals surface area contributed by atoms with Crippen molar-refractivity contribution in [3.05, 3.63) is 53.1 Å². The minimum absolute atomic E-state index is 0.119. The quantitative estimate of drug-likeness (QED) is 0.535. The Morgan fingerprint density at radius 3 is 1.83 bits per heavy atom. The summed E-state index contributed by atoms with van der Waals surface area (Å²) in [6.07, 6.45) is 0. The lowest BCUT2D eigenvalue weighted by Crippen LogP contribution is -2.40. The first-order valence-corrected chi connectivity index (χ1v) is 10.3. The Labute approximate surface area is 178 Å². The van der Waals surface area contributed by atoms with Crippen LogP contribution in [0.2, 0.25) is 0 Å². The zero-order chi connectivity index (χ0) is 22.3. The van der Waals surface area contributed by atoms with Crippen molar-refractivity contribution < 1.29 is 23.8 Å². The van der Waals surface area contributed by atoms with Crippen molar-refractivity contribution in [1.29, 1.82) is 0 Å². The van der Waals surface area contributed by atoms with Gasteiger partial charge in [0.2, 0.25) is 5.75 Å². The maximum Gasteiger partial charge on any atom is 0.254 e. The van der Waals surface area contributed by atoms with Gasteiger partial charge < -0.3 is 19.1 Å². The third-order valence-corrected chi connectivity index (χ3v) is 4.77. The van der Waals surface area contributed by atoms with Crippen LogP contribution in [0.15, 0.2) is 36.4 Å². The molecule has 6 heteroatoms. The molecule has 30 heavy (non-hydrogen) atoms. The highest BCUT2D eigenvalue weighted by atomic mass is 16.5. The van der Waals surface area contributed by atoms with Gasteiger partial charge in [-0.15, -0.1) is 0 Å². The highest BCUT2D eigenvalue weighted by Gasteiger charge is 2.26. The Kier molecular flexibility index (Phi) is 8.27. The van der Waals surface area contributed by atoms with Gasteiger partial charge in [-0.05, 0) is 46.8 Å². The Morgan fingerprint density at radius 1 is 0.867 bits per heavy atom. The normalized spacial score (nSPS) is 11.5. The lowest BCUT2D eigenvalue weighted by atomic mass is 10.0. The van der Waals surface area contributed by atoms with Gasteiger partial charge in [-0.2, -0.15) is 0 Å². The van der Waals surface area contributed by atoms with E-state index >= 15 is 0 Å². The first-order chi connectivity index (χ1) is 14.3. The molecular weight excluding hydrogens is 382 g/mol. The molecule has 0 fully saturated rings. The van der Waals surface area contributed by atoms with Crippen LogP contribution < -0.4 is 14.2 Å². The molecule has 0 aliphatic carbocycles. The molecule has 6 nitrogen and oxygen atoms in total. The molecule has 0 bridgehead atoms. The summed E-state index contributed by atoms with van der Waals surface area (Å²) in [7, 11) is 1.62. The predicted molar refractivity (Wildman–Crippen MR) is 117 cm³/mol. The van der Waals surface area contributed by atoms with Crippen LogP contribution in [0.5, 0.6) is 17.2 Å². The van der Waals surface area contributed by atoms with E-state index in [2.05, 4.69) is 0 Å². The van der Waals surface area contributed by atoms with E-state index in [4.69, 9.17) is 14.2 Å². The van der Waals surface area contributed by atoms with Crippen LogP contribution in [0.4, 0.5) is 0 Å². The maximum atomic E-state index is 13.2. The molecule has 0 saturated heterocycles. The van der Waals surface area contributed by atoms with Crippen molar-refractivity contribution in [2.45, 2.75) is 40.7 Å². The van der Waals surface area contributed by atoms with Crippen molar-refractivity contribution in [3.8, 4) is 17.2 Å². The van der Waals surface area contributed by atoms with E-state index in [1.807, 2.05) is 39.8 Å². The Balaban J connectivity index is 2.35. The highest BCUT2D eigenvalue weighted by Crippen LogP contribution is 2.39. The molecule has 0 saturated carbocycles. The smallest absolute Gasteiger partial charge is 0.254 e. The predicted octanol–water partition coefficient (Wildman–Crippen LogP) is 4.53. The van der Waals surface area contributed by atoms with Gasteiger partial charge in [0.05, 0.1) is 25.9 Å². The molecule has 0 N–H and O–H groups in total. The molecule has 0 aliphatic rings. The number of ketones is 1. The molecule has 0 aromatic heterocycles. The van der Waals surface area contributed by atoms with Crippen molar-refractivity contribution in [3.63, 3.8) is 0 Å². The number of hydrogen-bond acceptors (Lipinski definition) is 5. The summed E-state index contributed by atoms with van der Waals surface area (Å²) in [5.74, 6) is 0.947.